The maximum Gasteiger partial charge on any atom is 0.223 e. The molecule has 5 heteroatoms. The van der Waals surface area contributed by atoms with E-state index in [9.17, 15) is 0 Å². The molecule has 20 heavy (non-hydrogen) atoms. The molecule has 0 radical (unpaired) electrons. The summed E-state index contributed by atoms with van der Waals surface area (Å²) < 4.78 is 0. The molecule has 3 rings (SSSR count). The van der Waals surface area contributed by atoms with Crippen LogP contribution < -0.4 is 10.6 Å². The van der Waals surface area contributed by atoms with E-state index in [0.29, 0.717) is 5.15 Å². The molecule has 0 saturated carbocycles. The van der Waals surface area contributed by atoms with Crippen molar-refractivity contribution in [1.29, 1.82) is 0 Å². The van der Waals surface area contributed by atoms with Crippen LogP contribution in [0.25, 0.3) is 0 Å². The minimum Gasteiger partial charge on any atom is -0.368 e. The van der Waals surface area contributed by atoms with Crippen molar-refractivity contribution in [3.63, 3.8) is 0 Å². The highest BCUT2D eigenvalue weighted by Crippen LogP contribution is 2.29. The first-order chi connectivity index (χ1) is 9.74. The summed E-state index contributed by atoms with van der Waals surface area (Å²) in [6, 6.07) is 10.2. The molecule has 1 saturated heterocycles. The molecule has 0 amide bonds. The molecule has 2 N–H and O–H groups in total. The van der Waals surface area contributed by atoms with E-state index in [2.05, 4.69) is 27.0 Å². The number of anilines is 2. The van der Waals surface area contributed by atoms with Gasteiger partial charge in [-0.15, -0.1) is 0 Å². The van der Waals surface area contributed by atoms with E-state index in [0.717, 1.165) is 30.9 Å². The van der Waals surface area contributed by atoms with Gasteiger partial charge in [0.1, 0.15) is 11.0 Å². The number of nitrogen functional groups attached to an aromatic ring is 1. The predicted octanol–water partition coefficient (Wildman–Crippen LogP) is 2.90. The minimum atomic E-state index is 0.244. The molecule has 1 aromatic carbocycles. The molecule has 0 atom stereocenters. The van der Waals surface area contributed by atoms with Crippen LogP contribution in [0.2, 0.25) is 5.15 Å². The molecule has 1 aliphatic rings. The highest BCUT2D eigenvalue weighted by atomic mass is 35.5. The van der Waals surface area contributed by atoms with Gasteiger partial charge >= 0.3 is 0 Å². The topological polar surface area (TPSA) is 55.0 Å². The molecule has 1 aromatic heterocycles. The third-order valence-corrected chi connectivity index (χ3v) is 3.89. The summed E-state index contributed by atoms with van der Waals surface area (Å²) in [4.78, 5) is 10.8. The van der Waals surface area contributed by atoms with Gasteiger partial charge in [-0.3, -0.25) is 0 Å². The maximum absolute atomic E-state index is 6.31. The first kappa shape index (κ1) is 13.2. The lowest BCUT2D eigenvalue weighted by molar-refractivity contribution is 0.909. The second-order valence-electron chi connectivity index (χ2n) is 5.03. The summed E-state index contributed by atoms with van der Waals surface area (Å²) in [5, 5.41) is 0.461. The molecule has 2 aromatic rings. The van der Waals surface area contributed by atoms with E-state index < -0.39 is 0 Å². The van der Waals surface area contributed by atoms with Gasteiger partial charge in [0.05, 0.1) is 0 Å². The SMILES string of the molecule is Nc1nc(Cl)c(Cc2ccccc2)c(N2CCCC2)n1. The maximum atomic E-state index is 6.31. The van der Waals surface area contributed by atoms with Crippen LogP contribution in [0.5, 0.6) is 0 Å². The number of hydrogen-bond donors (Lipinski definition) is 1. The number of halogens is 1. The summed E-state index contributed by atoms with van der Waals surface area (Å²) in [6.07, 6.45) is 3.10. The Kier molecular flexibility index (Phi) is 3.74. The van der Waals surface area contributed by atoms with Crippen LogP contribution in [0.15, 0.2) is 30.3 Å². The van der Waals surface area contributed by atoms with Gasteiger partial charge in [0.15, 0.2) is 0 Å². The van der Waals surface area contributed by atoms with Crippen molar-refractivity contribution in [1.82, 2.24) is 9.97 Å². The van der Waals surface area contributed by atoms with Crippen LogP contribution in [-0.4, -0.2) is 23.1 Å². The zero-order valence-electron chi connectivity index (χ0n) is 11.2. The molecular formula is C15H17ClN4. The van der Waals surface area contributed by atoms with Crippen LogP contribution in [-0.2, 0) is 6.42 Å². The third kappa shape index (κ3) is 2.70. The van der Waals surface area contributed by atoms with Crippen LogP contribution >= 0.6 is 11.6 Å². The van der Waals surface area contributed by atoms with Gasteiger partial charge in [-0.25, -0.2) is 4.98 Å². The summed E-state index contributed by atoms with van der Waals surface area (Å²) >= 11 is 6.31. The molecule has 0 aliphatic carbocycles. The van der Waals surface area contributed by atoms with E-state index in [1.807, 2.05) is 18.2 Å². The summed E-state index contributed by atoms with van der Waals surface area (Å²) in [5.74, 6) is 1.14. The molecule has 1 aliphatic heterocycles. The molecule has 2 heterocycles. The second kappa shape index (κ2) is 5.67. The molecule has 104 valence electrons. The first-order valence-electron chi connectivity index (χ1n) is 6.85. The Labute approximate surface area is 123 Å². The van der Waals surface area contributed by atoms with Gasteiger partial charge < -0.3 is 10.6 Å². The molecular weight excluding hydrogens is 272 g/mol. The average Bonchev–Trinajstić information content (AvgIpc) is 2.96. The summed E-state index contributed by atoms with van der Waals surface area (Å²) in [6.45, 7) is 2.02. The average molecular weight is 289 g/mol. The number of nitrogens with zero attached hydrogens (tertiary/aromatic N) is 3. The zero-order chi connectivity index (χ0) is 13.9. The molecule has 0 unspecified atom stereocenters. The molecule has 0 bridgehead atoms. The second-order valence-corrected chi connectivity index (χ2v) is 5.39. The fraction of sp³-hybridized carbons (Fsp3) is 0.333. The van der Waals surface area contributed by atoms with Gasteiger partial charge in [-0.1, -0.05) is 41.9 Å². The first-order valence-corrected chi connectivity index (χ1v) is 7.22. The van der Waals surface area contributed by atoms with Gasteiger partial charge in [0.2, 0.25) is 5.95 Å². The highest BCUT2D eigenvalue weighted by Gasteiger charge is 2.21. The monoisotopic (exact) mass is 288 g/mol. The Morgan fingerprint density at radius 2 is 1.80 bits per heavy atom. The third-order valence-electron chi connectivity index (χ3n) is 3.58. The summed E-state index contributed by atoms with van der Waals surface area (Å²) in [7, 11) is 0. The van der Waals surface area contributed by atoms with Crippen molar-refractivity contribution < 1.29 is 0 Å². The lowest BCUT2D eigenvalue weighted by Crippen LogP contribution is -2.22. The smallest absolute Gasteiger partial charge is 0.223 e. The van der Waals surface area contributed by atoms with E-state index in [1.165, 1.54) is 18.4 Å². The van der Waals surface area contributed by atoms with Crippen LogP contribution in [0.1, 0.15) is 24.0 Å². The number of aromatic nitrogens is 2. The number of nitrogens with two attached hydrogens (primary N) is 1. The molecule has 4 nitrogen and oxygen atoms in total. The van der Waals surface area contributed by atoms with Crippen molar-refractivity contribution in [3.8, 4) is 0 Å². The van der Waals surface area contributed by atoms with Crippen molar-refractivity contribution in [2.24, 2.45) is 0 Å². The van der Waals surface area contributed by atoms with Crippen molar-refractivity contribution in [3.05, 3.63) is 46.6 Å². The van der Waals surface area contributed by atoms with Crippen LogP contribution in [0.3, 0.4) is 0 Å². The standard InChI is InChI=1S/C15H17ClN4/c16-13-12(10-11-6-2-1-3-7-11)14(19-15(17)18-13)20-8-4-5-9-20/h1-3,6-7H,4-5,8-10H2,(H2,17,18,19). The van der Waals surface area contributed by atoms with Crippen molar-refractivity contribution >= 4 is 23.4 Å². The highest BCUT2D eigenvalue weighted by molar-refractivity contribution is 6.30. The minimum absolute atomic E-state index is 0.244. The van der Waals surface area contributed by atoms with Gasteiger partial charge in [0, 0.05) is 25.1 Å². The van der Waals surface area contributed by atoms with Crippen LogP contribution in [0, 0.1) is 0 Å². The normalized spacial score (nSPS) is 14.8. The zero-order valence-corrected chi connectivity index (χ0v) is 12.0. The van der Waals surface area contributed by atoms with E-state index >= 15 is 0 Å². The molecule has 0 spiro atoms. The number of rotatable bonds is 3. The number of hydrogen-bond acceptors (Lipinski definition) is 4. The Hall–Kier alpha value is -1.81. The van der Waals surface area contributed by atoms with Crippen LogP contribution in [0.4, 0.5) is 11.8 Å². The van der Waals surface area contributed by atoms with Crippen molar-refractivity contribution in [2.75, 3.05) is 23.7 Å². The molecule has 1 fully saturated rings. The van der Waals surface area contributed by atoms with Gasteiger partial charge in [-0.05, 0) is 18.4 Å². The Morgan fingerprint density at radius 3 is 2.50 bits per heavy atom. The number of benzene rings is 1. The Balaban J connectivity index is 1.99. The lowest BCUT2D eigenvalue weighted by atomic mass is 10.1. The fourth-order valence-electron chi connectivity index (χ4n) is 2.60. The summed E-state index contributed by atoms with van der Waals surface area (Å²) in [5.41, 5.74) is 7.92. The van der Waals surface area contributed by atoms with E-state index in [-0.39, 0.29) is 5.95 Å². The fourth-order valence-corrected chi connectivity index (χ4v) is 2.84. The van der Waals surface area contributed by atoms with Gasteiger partial charge in [0.25, 0.3) is 0 Å². The predicted molar refractivity (Wildman–Crippen MR) is 82.1 cm³/mol. The van der Waals surface area contributed by atoms with E-state index in [1.54, 1.807) is 0 Å². The quantitative estimate of drug-likeness (QED) is 0.883. The van der Waals surface area contributed by atoms with E-state index in [4.69, 9.17) is 17.3 Å². The largest absolute Gasteiger partial charge is 0.368 e. The lowest BCUT2D eigenvalue weighted by Gasteiger charge is -2.21. The van der Waals surface area contributed by atoms with Gasteiger partial charge in [-0.2, -0.15) is 4.98 Å². The van der Waals surface area contributed by atoms with Crippen molar-refractivity contribution in [2.45, 2.75) is 19.3 Å². The Bertz CT molecular complexity index is 594. The Morgan fingerprint density at radius 1 is 1.10 bits per heavy atom.